The van der Waals surface area contributed by atoms with Crippen LogP contribution in [0.15, 0.2) is 12.1 Å². The van der Waals surface area contributed by atoms with Crippen LogP contribution in [0.25, 0.3) is 0 Å². The van der Waals surface area contributed by atoms with E-state index >= 15 is 0 Å². The van der Waals surface area contributed by atoms with Gasteiger partial charge in [-0.1, -0.05) is 11.6 Å². The lowest BCUT2D eigenvalue weighted by molar-refractivity contribution is 0.665. The van der Waals surface area contributed by atoms with Crippen LogP contribution in [-0.2, 0) is 13.0 Å². The molecule has 0 fully saturated rings. The molecule has 0 radical (unpaired) electrons. The van der Waals surface area contributed by atoms with E-state index in [1.165, 1.54) is 16.1 Å². The molecule has 2 aromatic rings. The van der Waals surface area contributed by atoms with E-state index in [1.54, 1.807) is 11.3 Å². The minimum Gasteiger partial charge on any atom is -0.330 e. The summed E-state index contributed by atoms with van der Waals surface area (Å²) in [6.45, 7) is 5.59. The van der Waals surface area contributed by atoms with Gasteiger partial charge in [-0.05, 0) is 44.5 Å². The number of aryl methyl sites for hydroxylation is 1. The fraction of sp³-hybridized carbons (Fsp3) is 0.417. The van der Waals surface area contributed by atoms with Gasteiger partial charge in [-0.3, -0.25) is 4.68 Å². The highest BCUT2D eigenvalue weighted by Crippen LogP contribution is 2.23. The predicted molar refractivity (Wildman–Crippen MR) is 72.9 cm³/mol. The van der Waals surface area contributed by atoms with Gasteiger partial charge in [0.05, 0.1) is 16.6 Å². The Labute approximate surface area is 110 Å². The first-order valence-corrected chi connectivity index (χ1v) is 6.78. The van der Waals surface area contributed by atoms with Crippen LogP contribution in [0.2, 0.25) is 4.34 Å². The van der Waals surface area contributed by atoms with Gasteiger partial charge in [0, 0.05) is 10.6 Å². The summed E-state index contributed by atoms with van der Waals surface area (Å²) in [6.07, 6.45) is 0.892. The van der Waals surface area contributed by atoms with Crippen molar-refractivity contribution in [1.82, 2.24) is 9.78 Å². The van der Waals surface area contributed by atoms with E-state index < -0.39 is 0 Å². The maximum Gasteiger partial charge on any atom is 0.0931 e. The van der Waals surface area contributed by atoms with Crippen molar-refractivity contribution in [2.24, 2.45) is 5.73 Å². The number of thiophene rings is 1. The number of nitrogens with two attached hydrogens (primary N) is 1. The molecule has 0 atom stereocenters. The van der Waals surface area contributed by atoms with E-state index in [0.29, 0.717) is 6.54 Å². The number of rotatable bonds is 4. The molecule has 0 spiro atoms. The Morgan fingerprint density at radius 1 is 1.41 bits per heavy atom. The van der Waals surface area contributed by atoms with Crippen molar-refractivity contribution >= 4 is 22.9 Å². The van der Waals surface area contributed by atoms with Crippen molar-refractivity contribution in [2.75, 3.05) is 6.54 Å². The SMILES string of the molecule is Cc1nn(Cc2ccc(Cl)s2)c(C)c1CCN. The fourth-order valence-corrected chi connectivity index (χ4v) is 3.05. The molecule has 2 rings (SSSR count). The van der Waals surface area contributed by atoms with Crippen LogP contribution in [0.4, 0.5) is 0 Å². The lowest BCUT2D eigenvalue weighted by Crippen LogP contribution is -2.06. The first kappa shape index (κ1) is 12.6. The Bertz CT molecular complexity index is 516. The van der Waals surface area contributed by atoms with Gasteiger partial charge in [-0.25, -0.2) is 0 Å². The maximum atomic E-state index is 5.92. The molecule has 0 aliphatic rings. The molecule has 0 unspecified atom stereocenters. The van der Waals surface area contributed by atoms with Crippen molar-refractivity contribution in [1.29, 1.82) is 0 Å². The van der Waals surface area contributed by atoms with E-state index in [9.17, 15) is 0 Å². The third-order valence-electron chi connectivity index (χ3n) is 2.86. The summed E-state index contributed by atoms with van der Waals surface area (Å²) in [5.74, 6) is 0. The van der Waals surface area contributed by atoms with Gasteiger partial charge in [0.1, 0.15) is 0 Å². The molecule has 0 saturated carbocycles. The van der Waals surface area contributed by atoms with Gasteiger partial charge in [0.15, 0.2) is 0 Å². The Hall–Kier alpha value is -0.840. The van der Waals surface area contributed by atoms with Crippen molar-refractivity contribution in [3.63, 3.8) is 0 Å². The van der Waals surface area contributed by atoms with Crippen LogP contribution in [0, 0.1) is 13.8 Å². The van der Waals surface area contributed by atoms with E-state index in [1.807, 2.05) is 23.7 Å². The largest absolute Gasteiger partial charge is 0.330 e. The molecule has 0 aliphatic heterocycles. The Kier molecular flexibility index (Phi) is 3.86. The molecule has 2 heterocycles. The third-order valence-corrected chi connectivity index (χ3v) is 4.08. The zero-order valence-corrected chi connectivity index (χ0v) is 11.6. The fourth-order valence-electron chi connectivity index (χ4n) is 1.98. The lowest BCUT2D eigenvalue weighted by Gasteiger charge is -2.03. The summed E-state index contributed by atoms with van der Waals surface area (Å²) in [4.78, 5) is 1.22. The van der Waals surface area contributed by atoms with Crippen molar-refractivity contribution in [3.8, 4) is 0 Å². The topological polar surface area (TPSA) is 43.8 Å². The number of aromatic nitrogens is 2. The third kappa shape index (κ3) is 2.70. The van der Waals surface area contributed by atoms with E-state index in [-0.39, 0.29) is 0 Å². The van der Waals surface area contributed by atoms with Gasteiger partial charge in [-0.15, -0.1) is 11.3 Å². The zero-order valence-electron chi connectivity index (χ0n) is 10.0. The van der Waals surface area contributed by atoms with Crippen LogP contribution in [0.1, 0.15) is 21.8 Å². The smallest absolute Gasteiger partial charge is 0.0931 e. The van der Waals surface area contributed by atoms with Gasteiger partial charge < -0.3 is 5.73 Å². The standard InChI is InChI=1S/C12H16ClN3S/c1-8-11(5-6-14)9(2)16(15-8)7-10-3-4-12(13)17-10/h3-4H,5-7,14H2,1-2H3. The van der Waals surface area contributed by atoms with Crippen molar-refractivity contribution < 1.29 is 0 Å². The molecule has 2 aromatic heterocycles. The molecule has 17 heavy (non-hydrogen) atoms. The Morgan fingerprint density at radius 3 is 2.76 bits per heavy atom. The molecular formula is C12H16ClN3S. The van der Waals surface area contributed by atoms with E-state index in [2.05, 4.69) is 12.0 Å². The van der Waals surface area contributed by atoms with E-state index in [4.69, 9.17) is 17.3 Å². The van der Waals surface area contributed by atoms with Crippen LogP contribution in [0.3, 0.4) is 0 Å². The summed E-state index contributed by atoms with van der Waals surface area (Å²) >= 11 is 7.52. The number of hydrogen-bond donors (Lipinski definition) is 1. The first-order valence-electron chi connectivity index (χ1n) is 5.59. The van der Waals surface area contributed by atoms with Crippen LogP contribution < -0.4 is 5.73 Å². The van der Waals surface area contributed by atoms with Gasteiger partial charge in [-0.2, -0.15) is 5.10 Å². The quantitative estimate of drug-likeness (QED) is 0.928. The minimum atomic E-state index is 0.665. The van der Waals surface area contributed by atoms with Gasteiger partial charge in [0.25, 0.3) is 0 Å². The second-order valence-corrected chi connectivity index (χ2v) is 5.85. The molecule has 0 bridgehead atoms. The van der Waals surface area contributed by atoms with E-state index in [0.717, 1.165) is 23.0 Å². The minimum absolute atomic E-state index is 0.665. The summed E-state index contributed by atoms with van der Waals surface area (Å²) < 4.78 is 2.85. The monoisotopic (exact) mass is 269 g/mol. The summed E-state index contributed by atoms with van der Waals surface area (Å²) in [6, 6.07) is 3.97. The van der Waals surface area contributed by atoms with Crippen LogP contribution >= 0.6 is 22.9 Å². The van der Waals surface area contributed by atoms with Gasteiger partial charge in [0.2, 0.25) is 0 Å². The average Bonchev–Trinajstić information content (AvgIpc) is 2.79. The van der Waals surface area contributed by atoms with Gasteiger partial charge >= 0.3 is 0 Å². The average molecular weight is 270 g/mol. The molecule has 92 valence electrons. The molecule has 0 aromatic carbocycles. The molecule has 2 N–H and O–H groups in total. The van der Waals surface area contributed by atoms with Crippen molar-refractivity contribution in [2.45, 2.75) is 26.8 Å². The normalized spacial score (nSPS) is 11.1. The second-order valence-electron chi connectivity index (χ2n) is 4.05. The highest BCUT2D eigenvalue weighted by molar-refractivity contribution is 7.16. The Morgan fingerprint density at radius 2 is 2.18 bits per heavy atom. The van der Waals surface area contributed by atoms with Crippen molar-refractivity contribution in [3.05, 3.63) is 38.3 Å². The highest BCUT2D eigenvalue weighted by Gasteiger charge is 2.11. The number of halogens is 1. The second kappa shape index (κ2) is 5.21. The zero-order chi connectivity index (χ0) is 12.4. The molecule has 0 saturated heterocycles. The molecule has 5 heteroatoms. The molecule has 0 aliphatic carbocycles. The maximum absolute atomic E-state index is 5.92. The first-order chi connectivity index (χ1) is 8.11. The highest BCUT2D eigenvalue weighted by atomic mass is 35.5. The summed E-state index contributed by atoms with van der Waals surface area (Å²) in [7, 11) is 0. The molecule has 0 amide bonds. The number of hydrogen-bond acceptors (Lipinski definition) is 3. The summed E-state index contributed by atoms with van der Waals surface area (Å²) in [5, 5.41) is 4.56. The number of nitrogens with zero attached hydrogens (tertiary/aromatic N) is 2. The predicted octanol–water partition coefficient (Wildman–Crippen LogP) is 2.76. The molecular weight excluding hydrogens is 254 g/mol. The molecule has 3 nitrogen and oxygen atoms in total. The lowest BCUT2D eigenvalue weighted by atomic mass is 10.1. The Balaban J connectivity index is 2.24. The summed E-state index contributed by atoms with van der Waals surface area (Å²) in [5.41, 5.74) is 9.17. The van der Waals surface area contributed by atoms with Crippen LogP contribution in [0.5, 0.6) is 0 Å². The van der Waals surface area contributed by atoms with Crippen LogP contribution in [-0.4, -0.2) is 16.3 Å².